The van der Waals surface area contributed by atoms with Crippen LogP contribution in [-0.2, 0) is 6.54 Å². The van der Waals surface area contributed by atoms with Crippen LogP contribution < -0.4 is 19.8 Å². The molecule has 0 saturated carbocycles. The van der Waals surface area contributed by atoms with Crippen molar-refractivity contribution in [3.05, 3.63) is 57.1 Å². The van der Waals surface area contributed by atoms with E-state index in [1.54, 1.807) is 44.1 Å². The summed E-state index contributed by atoms with van der Waals surface area (Å²) in [5.74, 6) is 2.36. The van der Waals surface area contributed by atoms with Crippen molar-refractivity contribution in [1.82, 2.24) is 9.55 Å². The SMILES string of the molecule is COc1cc(C=C2CCn3c2nc2ccc(Cl)cc2c3=O)cc(OC)c1OC. The molecule has 0 saturated heterocycles. The fourth-order valence-corrected chi connectivity index (χ4v) is 3.68. The molecule has 2 heterocycles. The summed E-state index contributed by atoms with van der Waals surface area (Å²) in [6.07, 6.45) is 2.71. The lowest BCUT2D eigenvalue weighted by atomic mass is 10.1. The molecule has 1 aliphatic rings. The topological polar surface area (TPSA) is 62.6 Å². The summed E-state index contributed by atoms with van der Waals surface area (Å²) in [4.78, 5) is 17.5. The molecule has 0 atom stereocenters. The highest BCUT2D eigenvalue weighted by Crippen LogP contribution is 2.39. The van der Waals surface area contributed by atoms with Crippen LogP contribution in [0.5, 0.6) is 17.2 Å². The number of aromatic nitrogens is 2. The van der Waals surface area contributed by atoms with Gasteiger partial charge < -0.3 is 14.2 Å². The van der Waals surface area contributed by atoms with Crippen molar-refractivity contribution in [1.29, 1.82) is 0 Å². The van der Waals surface area contributed by atoms with Gasteiger partial charge in [-0.1, -0.05) is 11.6 Å². The van der Waals surface area contributed by atoms with Crippen molar-refractivity contribution in [3.8, 4) is 17.2 Å². The molecule has 3 aromatic rings. The van der Waals surface area contributed by atoms with E-state index in [1.165, 1.54) is 0 Å². The van der Waals surface area contributed by atoms with Crippen molar-refractivity contribution in [3.63, 3.8) is 0 Å². The van der Waals surface area contributed by atoms with Crippen LogP contribution in [0.25, 0.3) is 22.6 Å². The Morgan fingerprint density at radius 2 is 1.79 bits per heavy atom. The maximum Gasteiger partial charge on any atom is 0.261 e. The van der Waals surface area contributed by atoms with Gasteiger partial charge in [0.25, 0.3) is 5.56 Å². The second kappa shape index (κ2) is 7.20. The van der Waals surface area contributed by atoms with Crippen LogP contribution in [0.2, 0.25) is 5.02 Å². The first kappa shape index (κ1) is 18.4. The predicted octanol–water partition coefficient (Wildman–Crippen LogP) is 4.02. The Morgan fingerprint density at radius 3 is 2.43 bits per heavy atom. The van der Waals surface area contributed by atoms with Crippen LogP contribution >= 0.6 is 11.6 Å². The van der Waals surface area contributed by atoms with Crippen LogP contribution in [0.1, 0.15) is 17.8 Å². The quantitative estimate of drug-likeness (QED) is 0.664. The first-order valence-electron chi connectivity index (χ1n) is 8.76. The Labute approximate surface area is 166 Å². The molecule has 28 heavy (non-hydrogen) atoms. The van der Waals surface area contributed by atoms with Gasteiger partial charge in [0.15, 0.2) is 11.5 Å². The molecule has 0 spiro atoms. The van der Waals surface area contributed by atoms with E-state index in [0.29, 0.717) is 52.0 Å². The number of ether oxygens (including phenoxy) is 3. The summed E-state index contributed by atoms with van der Waals surface area (Å²) >= 11 is 6.04. The summed E-state index contributed by atoms with van der Waals surface area (Å²) in [7, 11) is 4.73. The zero-order valence-corrected chi connectivity index (χ0v) is 16.5. The number of methoxy groups -OCH3 is 3. The number of halogens is 1. The van der Waals surface area contributed by atoms with E-state index in [0.717, 1.165) is 11.1 Å². The van der Waals surface area contributed by atoms with Gasteiger partial charge in [0.1, 0.15) is 5.82 Å². The van der Waals surface area contributed by atoms with E-state index >= 15 is 0 Å². The molecule has 0 amide bonds. The predicted molar refractivity (Wildman–Crippen MR) is 110 cm³/mol. The standard InChI is InChI=1S/C21H19ClN2O4/c1-26-17-9-12(10-18(27-2)19(17)28-3)8-13-6-7-24-20(13)23-16-5-4-14(22)11-15(16)21(24)25/h4-5,8-11H,6-7H2,1-3H3. The molecule has 0 bridgehead atoms. The number of rotatable bonds is 4. The second-order valence-corrected chi connectivity index (χ2v) is 6.87. The molecule has 1 aliphatic heterocycles. The average Bonchev–Trinajstić information content (AvgIpc) is 3.10. The number of fused-ring (bicyclic) bond motifs is 2. The third-order valence-corrected chi connectivity index (χ3v) is 5.07. The van der Waals surface area contributed by atoms with E-state index in [9.17, 15) is 4.79 Å². The first-order valence-corrected chi connectivity index (χ1v) is 9.14. The van der Waals surface area contributed by atoms with Crippen LogP contribution in [0, 0.1) is 0 Å². The number of hydrogen-bond acceptors (Lipinski definition) is 5. The molecule has 6 nitrogen and oxygen atoms in total. The van der Waals surface area contributed by atoms with Crippen LogP contribution in [0.4, 0.5) is 0 Å². The Bertz CT molecular complexity index is 1140. The Kier molecular flexibility index (Phi) is 4.73. The third kappa shape index (κ3) is 2.99. The maximum atomic E-state index is 12.8. The lowest BCUT2D eigenvalue weighted by Crippen LogP contribution is -2.20. The molecule has 0 N–H and O–H groups in total. The van der Waals surface area contributed by atoms with Gasteiger partial charge in [-0.25, -0.2) is 4.98 Å². The lowest BCUT2D eigenvalue weighted by Gasteiger charge is -2.13. The van der Waals surface area contributed by atoms with Crippen LogP contribution in [0.3, 0.4) is 0 Å². The zero-order chi connectivity index (χ0) is 19.8. The molecule has 0 fully saturated rings. The van der Waals surface area contributed by atoms with Crippen molar-refractivity contribution < 1.29 is 14.2 Å². The minimum absolute atomic E-state index is 0.0733. The fraction of sp³-hybridized carbons (Fsp3) is 0.238. The van der Waals surface area contributed by atoms with Crippen molar-refractivity contribution in [2.24, 2.45) is 0 Å². The molecule has 1 aromatic heterocycles. The molecule has 4 rings (SSSR count). The molecule has 0 unspecified atom stereocenters. The van der Waals surface area contributed by atoms with E-state index in [-0.39, 0.29) is 5.56 Å². The largest absolute Gasteiger partial charge is 0.493 e. The molecule has 144 valence electrons. The van der Waals surface area contributed by atoms with E-state index in [2.05, 4.69) is 0 Å². The maximum absolute atomic E-state index is 12.8. The van der Waals surface area contributed by atoms with E-state index in [4.69, 9.17) is 30.8 Å². The van der Waals surface area contributed by atoms with Crippen molar-refractivity contribution >= 4 is 34.2 Å². The normalized spacial score (nSPS) is 14.4. The number of hydrogen-bond donors (Lipinski definition) is 0. The van der Waals surface area contributed by atoms with Crippen LogP contribution in [0.15, 0.2) is 35.1 Å². The summed E-state index contributed by atoms with van der Waals surface area (Å²) < 4.78 is 17.9. The summed E-state index contributed by atoms with van der Waals surface area (Å²) in [5.41, 5.74) is 2.42. The third-order valence-electron chi connectivity index (χ3n) is 4.84. The molecular weight excluding hydrogens is 380 g/mol. The van der Waals surface area contributed by atoms with E-state index < -0.39 is 0 Å². The van der Waals surface area contributed by atoms with Crippen molar-refractivity contribution in [2.45, 2.75) is 13.0 Å². The minimum atomic E-state index is -0.0733. The number of benzene rings is 2. The van der Waals surface area contributed by atoms with Gasteiger partial charge in [0.05, 0.1) is 32.2 Å². The van der Waals surface area contributed by atoms with Gasteiger partial charge in [-0.2, -0.15) is 0 Å². The molecule has 0 aliphatic carbocycles. The van der Waals surface area contributed by atoms with Crippen LogP contribution in [-0.4, -0.2) is 30.9 Å². The first-order chi connectivity index (χ1) is 13.5. The number of nitrogens with zero attached hydrogens (tertiary/aromatic N) is 2. The van der Waals surface area contributed by atoms with Gasteiger partial charge in [0.2, 0.25) is 5.75 Å². The lowest BCUT2D eigenvalue weighted by molar-refractivity contribution is 0.324. The van der Waals surface area contributed by atoms with Gasteiger partial charge in [-0.3, -0.25) is 9.36 Å². The summed E-state index contributed by atoms with van der Waals surface area (Å²) in [5, 5.41) is 1.06. The highest BCUT2D eigenvalue weighted by Gasteiger charge is 2.21. The Hall–Kier alpha value is -2.99. The molecular formula is C21H19ClN2O4. The molecule has 0 radical (unpaired) electrons. The van der Waals surface area contributed by atoms with E-state index in [1.807, 2.05) is 18.2 Å². The van der Waals surface area contributed by atoms with Gasteiger partial charge in [-0.15, -0.1) is 0 Å². The molecule has 2 aromatic carbocycles. The second-order valence-electron chi connectivity index (χ2n) is 6.43. The average molecular weight is 399 g/mol. The summed E-state index contributed by atoms with van der Waals surface area (Å²) in [6.45, 7) is 0.583. The van der Waals surface area contributed by atoms with Crippen molar-refractivity contribution in [2.75, 3.05) is 21.3 Å². The Morgan fingerprint density at radius 1 is 1.07 bits per heavy atom. The van der Waals surface area contributed by atoms with Gasteiger partial charge in [-0.05, 0) is 54.0 Å². The number of allylic oxidation sites excluding steroid dienone is 1. The molecule has 7 heteroatoms. The highest BCUT2D eigenvalue weighted by atomic mass is 35.5. The Balaban J connectivity index is 1.86. The minimum Gasteiger partial charge on any atom is -0.493 e. The fourth-order valence-electron chi connectivity index (χ4n) is 3.51. The smallest absolute Gasteiger partial charge is 0.261 e. The monoisotopic (exact) mass is 398 g/mol. The van der Waals surface area contributed by atoms with Gasteiger partial charge >= 0.3 is 0 Å². The highest BCUT2D eigenvalue weighted by molar-refractivity contribution is 6.31. The zero-order valence-electron chi connectivity index (χ0n) is 15.8. The summed E-state index contributed by atoms with van der Waals surface area (Å²) in [6, 6.07) is 8.92. The van der Waals surface area contributed by atoms with Gasteiger partial charge in [0, 0.05) is 11.6 Å².